The number of nitrogens with zero attached hydrogens (tertiary/aromatic N) is 3. The second-order valence-electron chi connectivity index (χ2n) is 6.67. The van der Waals surface area contributed by atoms with Crippen LogP contribution in [0.5, 0.6) is 0 Å². The summed E-state index contributed by atoms with van der Waals surface area (Å²) < 4.78 is 5.34. The van der Waals surface area contributed by atoms with Gasteiger partial charge in [0.15, 0.2) is 0 Å². The van der Waals surface area contributed by atoms with Gasteiger partial charge >= 0.3 is 0 Å². The van der Waals surface area contributed by atoms with Gasteiger partial charge in [-0.1, -0.05) is 0 Å². The smallest absolute Gasteiger partial charge is 0.230 e. The van der Waals surface area contributed by atoms with Crippen LogP contribution in [0.15, 0.2) is 18.3 Å². The van der Waals surface area contributed by atoms with Crippen LogP contribution in [-0.2, 0) is 14.3 Å². The standard InChI is InChI=1S/C17H22N4O3/c22-16-9-12(11-21(16)13-1-2-13)17(23)19-15-4-3-14(10-18-15)20-5-7-24-8-6-20/h3-4,10,12-13H,1-2,5-9,11H2,(H,18,19,23). The molecule has 3 heterocycles. The minimum absolute atomic E-state index is 0.105. The van der Waals surface area contributed by atoms with E-state index in [1.807, 2.05) is 17.0 Å². The maximum atomic E-state index is 12.4. The third kappa shape index (κ3) is 3.21. The van der Waals surface area contributed by atoms with Gasteiger partial charge < -0.3 is 19.9 Å². The number of carbonyl (C=O) groups excluding carboxylic acids is 2. The summed E-state index contributed by atoms with van der Waals surface area (Å²) >= 11 is 0. The Morgan fingerprint density at radius 3 is 2.71 bits per heavy atom. The summed E-state index contributed by atoms with van der Waals surface area (Å²) in [5, 5.41) is 2.84. The van der Waals surface area contributed by atoms with Crippen molar-refractivity contribution in [2.24, 2.45) is 5.92 Å². The number of amides is 2. The van der Waals surface area contributed by atoms with Gasteiger partial charge in [-0.15, -0.1) is 0 Å². The molecule has 0 radical (unpaired) electrons. The molecule has 3 aliphatic rings. The van der Waals surface area contributed by atoms with Crippen molar-refractivity contribution in [2.75, 3.05) is 43.1 Å². The van der Waals surface area contributed by atoms with E-state index in [9.17, 15) is 9.59 Å². The number of ether oxygens (including phenoxy) is 1. The average molecular weight is 330 g/mol. The molecule has 1 aromatic heterocycles. The summed E-state index contributed by atoms with van der Waals surface area (Å²) in [6, 6.07) is 4.16. The average Bonchev–Trinajstić information content (AvgIpc) is 3.38. The molecule has 2 saturated heterocycles. The van der Waals surface area contributed by atoms with Crippen LogP contribution in [0.25, 0.3) is 0 Å². The molecular weight excluding hydrogens is 308 g/mol. The molecule has 2 aliphatic heterocycles. The zero-order valence-corrected chi connectivity index (χ0v) is 13.6. The molecule has 1 unspecified atom stereocenters. The summed E-state index contributed by atoms with van der Waals surface area (Å²) in [5.74, 6) is 0.263. The molecule has 24 heavy (non-hydrogen) atoms. The molecule has 3 fully saturated rings. The summed E-state index contributed by atoms with van der Waals surface area (Å²) in [6.07, 6.45) is 4.24. The van der Waals surface area contributed by atoms with E-state index in [1.165, 1.54) is 0 Å². The first kappa shape index (κ1) is 15.4. The molecule has 7 nitrogen and oxygen atoms in total. The number of rotatable bonds is 4. The Bertz CT molecular complexity index is 623. The van der Waals surface area contributed by atoms with Crippen molar-refractivity contribution in [3.05, 3.63) is 18.3 Å². The number of likely N-dealkylation sites (tertiary alicyclic amines) is 1. The predicted octanol–water partition coefficient (Wildman–Crippen LogP) is 0.868. The van der Waals surface area contributed by atoms with Gasteiger partial charge in [-0.25, -0.2) is 4.98 Å². The molecule has 128 valence electrons. The molecule has 2 amide bonds. The van der Waals surface area contributed by atoms with Crippen molar-refractivity contribution in [2.45, 2.75) is 25.3 Å². The van der Waals surface area contributed by atoms with E-state index in [4.69, 9.17) is 4.74 Å². The summed E-state index contributed by atoms with van der Waals surface area (Å²) in [5.41, 5.74) is 1.03. The fourth-order valence-electron chi connectivity index (χ4n) is 3.34. The number of carbonyl (C=O) groups is 2. The zero-order chi connectivity index (χ0) is 16.5. The van der Waals surface area contributed by atoms with Crippen molar-refractivity contribution in [1.82, 2.24) is 9.88 Å². The van der Waals surface area contributed by atoms with Crippen molar-refractivity contribution in [1.29, 1.82) is 0 Å². The molecule has 0 aromatic carbocycles. The van der Waals surface area contributed by atoms with Gasteiger partial charge in [-0.2, -0.15) is 0 Å². The molecule has 0 spiro atoms. The van der Waals surface area contributed by atoms with E-state index in [0.29, 0.717) is 24.8 Å². The minimum Gasteiger partial charge on any atom is -0.378 e. The van der Waals surface area contributed by atoms with Gasteiger partial charge in [0.05, 0.1) is 31.0 Å². The Labute approximate surface area is 141 Å². The van der Waals surface area contributed by atoms with Crippen molar-refractivity contribution in [3.63, 3.8) is 0 Å². The monoisotopic (exact) mass is 330 g/mol. The Kier molecular flexibility index (Phi) is 4.10. The first-order valence-electron chi connectivity index (χ1n) is 8.60. The Balaban J connectivity index is 1.34. The van der Waals surface area contributed by atoms with E-state index >= 15 is 0 Å². The van der Waals surface area contributed by atoms with E-state index in [2.05, 4.69) is 15.2 Å². The fourth-order valence-corrected chi connectivity index (χ4v) is 3.34. The lowest BCUT2D eigenvalue weighted by molar-refractivity contribution is -0.128. The molecule has 7 heteroatoms. The third-order valence-electron chi connectivity index (χ3n) is 4.89. The van der Waals surface area contributed by atoms with E-state index in [1.54, 1.807) is 6.20 Å². The Morgan fingerprint density at radius 1 is 1.25 bits per heavy atom. The Hall–Kier alpha value is -2.15. The number of anilines is 2. The van der Waals surface area contributed by atoms with Gasteiger partial charge in [-0.3, -0.25) is 9.59 Å². The second kappa shape index (κ2) is 6.39. The van der Waals surface area contributed by atoms with Crippen LogP contribution < -0.4 is 10.2 Å². The quantitative estimate of drug-likeness (QED) is 0.886. The fraction of sp³-hybridized carbons (Fsp3) is 0.588. The molecule has 0 bridgehead atoms. The van der Waals surface area contributed by atoms with Crippen LogP contribution in [0.4, 0.5) is 11.5 Å². The SMILES string of the molecule is O=C(Nc1ccc(N2CCOCC2)cn1)C1CC(=O)N(C2CC2)C1. The molecular formula is C17H22N4O3. The number of nitrogens with one attached hydrogen (secondary N) is 1. The lowest BCUT2D eigenvalue weighted by Crippen LogP contribution is -2.36. The maximum absolute atomic E-state index is 12.4. The number of aromatic nitrogens is 1. The molecule has 1 aliphatic carbocycles. The van der Waals surface area contributed by atoms with E-state index in [-0.39, 0.29) is 17.7 Å². The zero-order valence-electron chi connectivity index (χ0n) is 13.6. The highest BCUT2D eigenvalue weighted by Gasteiger charge is 2.41. The first-order valence-corrected chi connectivity index (χ1v) is 8.60. The van der Waals surface area contributed by atoms with Gasteiger partial charge in [0.25, 0.3) is 0 Å². The van der Waals surface area contributed by atoms with Gasteiger partial charge in [-0.05, 0) is 25.0 Å². The second-order valence-corrected chi connectivity index (χ2v) is 6.67. The third-order valence-corrected chi connectivity index (χ3v) is 4.89. The number of hydrogen-bond acceptors (Lipinski definition) is 5. The molecule has 1 N–H and O–H groups in total. The van der Waals surface area contributed by atoms with Crippen LogP contribution in [0.3, 0.4) is 0 Å². The van der Waals surface area contributed by atoms with E-state index < -0.39 is 0 Å². The maximum Gasteiger partial charge on any atom is 0.230 e. The highest BCUT2D eigenvalue weighted by atomic mass is 16.5. The van der Waals surface area contributed by atoms with Crippen LogP contribution >= 0.6 is 0 Å². The van der Waals surface area contributed by atoms with Crippen LogP contribution in [0.2, 0.25) is 0 Å². The van der Waals surface area contributed by atoms with Crippen LogP contribution in [0, 0.1) is 5.92 Å². The molecule has 1 saturated carbocycles. The summed E-state index contributed by atoms with van der Waals surface area (Å²) in [4.78, 5) is 32.7. The lowest BCUT2D eigenvalue weighted by Gasteiger charge is -2.28. The minimum atomic E-state index is -0.265. The number of pyridine rings is 1. The van der Waals surface area contributed by atoms with Crippen LogP contribution in [0.1, 0.15) is 19.3 Å². The molecule has 1 aromatic rings. The predicted molar refractivity (Wildman–Crippen MR) is 88.7 cm³/mol. The number of hydrogen-bond donors (Lipinski definition) is 1. The summed E-state index contributed by atoms with van der Waals surface area (Å²) in [7, 11) is 0. The first-order chi connectivity index (χ1) is 11.7. The van der Waals surface area contributed by atoms with Crippen LogP contribution in [-0.4, -0.2) is 60.6 Å². The van der Waals surface area contributed by atoms with Gasteiger partial charge in [0.2, 0.25) is 11.8 Å². The molecule has 1 atom stereocenters. The Morgan fingerprint density at radius 2 is 2.04 bits per heavy atom. The number of morpholine rings is 1. The van der Waals surface area contributed by atoms with Gasteiger partial charge in [0.1, 0.15) is 5.82 Å². The van der Waals surface area contributed by atoms with Crippen molar-refractivity contribution < 1.29 is 14.3 Å². The highest BCUT2D eigenvalue weighted by Crippen LogP contribution is 2.32. The van der Waals surface area contributed by atoms with Crippen molar-refractivity contribution >= 4 is 23.3 Å². The molecule has 4 rings (SSSR count). The topological polar surface area (TPSA) is 74.8 Å². The summed E-state index contributed by atoms with van der Waals surface area (Å²) in [6.45, 7) is 3.71. The van der Waals surface area contributed by atoms with Gasteiger partial charge in [0, 0.05) is 32.1 Å². The largest absolute Gasteiger partial charge is 0.378 e. The van der Waals surface area contributed by atoms with Crippen molar-refractivity contribution in [3.8, 4) is 0 Å². The normalized spacial score (nSPS) is 24.3. The van der Waals surface area contributed by atoms with E-state index in [0.717, 1.165) is 44.8 Å². The lowest BCUT2D eigenvalue weighted by atomic mass is 10.1. The highest BCUT2D eigenvalue weighted by molar-refractivity contribution is 5.96.